The predicted octanol–water partition coefficient (Wildman–Crippen LogP) is 8.71. The SMILES string of the molecule is CCC1(CCCCCC/C=C/C[C@@H]2CC[C@@H](OCc3ccccc3)[C@H](CO[Si](c3ccccc3)(c3ccccc3)C(C)(C)C)N2)OCCO1. The number of piperidine rings is 1. The largest absolute Gasteiger partial charge is 0.406 e. The second-order valence-corrected chi connectivity index (χ2v) is 19.3. The Balaban J connectivity index is 1.20. The minimum absolute atomic E-state index is 0.0671. The summed E-state index contributed by atoms with van der Waals surface area (Å²) < 4.78 is 25.9. The number of hydrogen-bond donors (Lipinski definition) is 1. The van der Waals surface area contributed by atoms with Crippen LogP contribution in [-0.2, 0) is 25.2 Å². The van der Waals surface area contributed by atoms with Crippen molar-refractivity contribution in [2.75, 3.05) is 19.8 Å². The first-order chi connectivity index (χ1) is 23.9. The molecule has 5 rings (SSSR count). The minimum atomic E-state index is -2.66. The Morgan fingerprint density at radius 1 is 0.796 bits per heavy atom. The van der Waals surface area contributed by atoms with Gasteiger partial charge in [-0.3, -0.25) is 0 Å². The van der Waals surface area contributed by atoms with Crippen LogP contribution < -0.4 is 15.7 Å². The van der Waals surface area contributed by atoms with E-state index in [0.29, 0.717) is 19.3 Å². The maximum atomic E-state index is 7.43. The molecule has 49 heavy (non-hydrogen) atoms. The first-order valence-corrected chi connectivity index (χ1v) is 20.9. The Bertz CT molecular complexity index is 1330. The van der Waals surface area contributed by atoms with E-state index in [4.69, 9.17) is 18.6 Å². The van der Waals surface area contributed by atoms with Gasteiger partial charge in [-0.2, -0.15) is 0 Å². The van der Waals surface area contributed by atoms with Crippen molar-refractivity contribution >= 4 is 18.7 Å². The molecule has 0 aromatic heterocycles. The van der Waals surface area contributed by atoms with E-state index in [-0.39, 0.29) is 23.0 Å². The highest BCUT2D eigenvalue weighted by Crippen LogP contribution is 2.37. The van der Waals surface area contributed by atoms with Gasteiger partial charge in [0.2, 0.25) is 0 Å². The molecule has 5 nitrogen and oxygen atoms in total. The van der Waals surface area contributed by atoms with E-state index < -0.39 is 8.32 Å². The fraction of sp³-hybridized carbons (Fsp3) is 0.535. The molecule has 2 aliphatic rings. The molecule has 3 atom stereocenters. The molecule has 2 saturated heterocycles. The molecule has 0 bridgehead atoms. The molecule has 1 N–H and O–H groups in total. The number of ether oxygens (including phenoxy) is 3. The maximum absolute atomic E-state index is 7.43. The van der Waals surface area contributed by atoms with Gasteiger partial charge in [-0.05, 0) is 65.9 Å². The highest BCUT2D eigenvalue weighted by molar-refractivity contribution is 6.99. The summed E-state index contributed by atoms with van der Waals surface area (Å²) in [7, 11) is -2.66. The fourth-order valence-corrected chi connectivity index (χ4v) is 12.4. The Labute approximate surface area is 297 Å². The number of unbranched alkanes of at least 4 members (excludes halogenated alkanes) is 4. The van der Waals surface area contributed by atoms with Crippen molar-refractivity contribution in [3.05, 3.63) is 109 Å². The first kappa shape index (κ1) is 37.7. The van der Waals surface area contributed by atoms with Crippen molar-refractivity contribution < 1.29 is 18.6 Å². The van der Waals surface area contributed by atoms with Crippen LogP contribution in [0.3, 0.4) is 0 Å². The topological polar surface area (TPSA) is 49.0 Å². The number of allylic oxidation sites excluding steroid dienone is 1. The average molecular weight is 684 g/mol. The van der Waals surface area contributed by atoms with Gasteiger partial charge in [0.05, 0.1) is 38.6 Å². The molecule has 2 heterocycles. The maximum Gasteiger partial charge on any atom is 0.261 e. The molecule has 2 fully saturated rings. The zero-order valence-electron chi connectivity index (χ0n) is 30.6. The Morgan fingerprint density at radius 3 is 2.02 bits per heavy atom. The fourth-order valence-electron chi connectivity index (χ4n) is 7.77. The van der Waals surface area contributed by atoms with Crippen molar-refractivity contribution in [3.8, 4) is 0 Å². The molecule has 2 aliphatic heterocycles. The van der Waals surface area contributed by atoms with Crippen LogP contribution in [0.15, 0.2) is 103 Å². The van der Waals surface area contributed by atoms with Gasteiger partial charge in [0, 0.05) is 12.5 Å². The monoisotopic (exact) mass is 683 g/mol. The van der Waals surface area contributed by atoms with Crippen LogP contribution in [0.4, 0.5) is 0 Å². The molecule has 0 radical (unpaired) electrons. The minimum Gasteiger partial charge on any atom is -0.406 e. The number of hydrogen-bond acceptors (Lipinski definition) is 5. The molecule has 266 valence electrons. The van der Waals surface area contributed by atoms with Gasteiger partial charge in [0.25, 0.3) is 8.32 Å². The van der Waals surface area contributed by atoms with E-state index in [1.54, 1.807) is 0 Å². The van der Waals surface area contributed by atoms with Crippen LogP contribution in [0.2, 0.25) is 5.04 Å². The Morgan fingerprint density at radius 2 is 1.41 bits per heavy atom. The van der Waals surface area contributed by atoms with E-state index in [1.165, 1.54) is 41.6 Å². The highest BCUT2D eigenvalue weighted by atomic mass is 28.4. The van der Waals surface area contributed by atoms with E-state index in [2.05, 4.69) is 136 Å². The van der Waals surface area contributed by atoms with Crippen molar-refractivity contribution in [3.63, 3.8) is 0 Å². The Hall–Kier alpha value is -2.58. The highest BCUT2D eigenvalue weighted by Gasteiger charge is 2.51. The molecule has 0 aliphatic carbocycles. The first-order valence-electron chi connectivity index (χ1n) is 18.9. The van der Waals surface area contributed by atoms with Gasteiger partial charge in [0.15, 0.2) is 5.79 Å². The smallest absolute Gasteiger partial charge is 0.261 e. The van der Waals surface area contributed by atoms with E-state index in [0.717, 1.165) is 51.7 Å². The van der Waals surface area contributed by atoms with Crippen LogP contribution in [0.25, 0.3) is 0 Å². The van der Waals surface area contributed by atoms with Gasteiger partial charge >= 0.3 is 0 Å². The quantitative estimate of drug-likeness (QED) is 0.0826. The number of rotatable bonds is 18. The van der Waals surface area contributed by atoms with Gasteiger partial charge in [-0.15, -0.1) is 0 Å². The van der Waals surface area contributed by atoms with Crippen LogP contribution in [-0.4, -0.2) is 52.1 Å². The molecule has 6 heteroatoms. The molecule has 3 aromatic carbocycles. The summed E-state index contributed by atoms with van der Waals surface area (Å²) >= 11 is 0. The lowest BCUT2D eigenvalue weighted by atomic mass is 9.94. The summed E-state index contributed by atoms with van der Waals surface area (Å²) in [5.41, 5.74) is 1.21. The summed E-state index contributed by atoms with van der Waals surface area (Å²) in [4.78, 5) is 0. The van der Waals surface area contributed by atoms with Crippen LogP contribution >= 0.6 is 0 Å². The van der Waals surface area contributed by atoms with Gasteiger partial charge in [-0.1, -0.05) is 144 Å². The van der Waals surface area contributed by atoms with Crippen molar-refractivity contribution in [2.24, 2.45) is 0 Å². The third-order valence-corrected chi connectivity index (χ3v) is 15.5. The summed E-state index contributed by atoms with van der Waals surface area (Å²) in [5.74, 6) is -0.305. The second kappa shape index (κ2) is 18.6. The van der Waals surface area contributed by atoms with E-state index in [9.17, 15) is 0 Å². The van der Waals surface area contributed by atoms with Crippen molar-refractivity contribution in [1.29, 1.82) is 0 Å². The molecular formula is C43H61NO4Si. The lowest BCUT2D eigenvalue weighted by Gasteiger charge is -2.45. The second-order valence-electron chi connectivity index (χ2n) is 15.0. The Kier molecular flexibility index (Phi) is 14.3. The van der Waals surface area contributed by atoms with E-state index >= 15 is 0 Å². The normalized spacial score (nSPS) is 21.3. The summed E-state index contributed by atoms with van der Waals surface area (Å²) in [6, 6.07) is 33.0. The zero-order valence-corrected chi connectivity index (χ0v) is 31.6. The molecule has 0 saturated carbocycles. The summed E-state index contributed by atoms with van der Waals surface area (Å²) in [6.07, 6.45) is 16.1. The van der Waals surface area contributed by atoms with Crippen LogP contribution in [0.5, 0.6) is 0 Å². The van der Waals surface area contributed by atoms with E-state index in [1.807, 2.05) is 0 Å². The molecule has 0 spiro atoms. The van der Waals surface area contributed by atoms with Crippen molar-refractivity contribution in [1.82, 2.24) is 5.32 Å². The van der Waals surface area contributed by atoms with Gasteiger partial charge < -0.3 is 24.0 Å². The molecule has 0 amide bonds. The van der Waals surface area contributed by atoms with Crippen LogP contribution in [0, 0.1) is 0 Å². The standard InChI is InChI=1S/C43H61NO4Si/c1-5-43(46-32-33-47-43)31-21-10-8-6-7-9-16-24-37-29-30-41(45-34-36-22-14-11-15-23-36)40(44-37)35-48-49(42(2,3)4,38-25-17-12-18-26-38)39-27-19-13-20-28-39/h9,11-20,22-23,25-28,37,40-41,44H,5-8,10,21,24,29-35H2,1-4H3/b16-9+/t37-,40+,41-/m1/s1. The third-order valence-electron chi connectivity index (χ3n) is 10.5. The zero-order chi connectivity index (χ0) is 34.4. The number of benzene rings is 3. The molecule has 0 unspecified atom stereocenters. The lowest BCUT2D eigenvalue weighted by Crippen LogP contribution is -2.68. The molecular weight excluding hydrogens is 623 g/mol. The lowest BCUT2D eigenvalue weighted by molar-refractivity contribution is -0.164. The molecule has 3 aromatic rings. The average Bonchev–Trinajstić information content (AvgIpc) is 3.61. The predicted molar refractivity (Wildman–Crippen MR) is 205 cm³/mol. The summed E-state index contributed by atoms with van der Waals surface area (Å²) in [5, 5.41) is 6.58. The van der Waals surface area contributed by atoms with Gasteiger partial charge in [-0.25, -0.2) is 0 Å². The summed E-state index contributed by atoms with van der Waals surface area (Å²) in [6.45, 7) is 11.9. The van der Waals surface area contributed by atoms with Crippen LogP contribution in [0.1, 0.15) is 97.5 Å². The third kappa shape index (κ3) is 10.2. The van der Waals surface area contributed by atoms with Gasteiger partial charge in [0.1, 0.15) is 0 Å². The number of nitrogens with one attached hydrogen (secondary N) is 1. The van der Waals surface area contributed by atoms with Crippen molar-refractivity contribution in [2.45, 2.75) is 128 Å².